The molecule has 1 aromatic carbocycles. The largest absolute Gasteiger partial charge is 0.464 e. The molecule has 0 bridgehead atoms. The average Bonchev–Trinajstić information content (AvgIpc) is 2.75. The number of sulfonamides is 1. The average molecular weight is 298 g/mol. The molecule has 108 valence electrons. The summed E-state index contributed by atoms with van der Waals surface area (Å²) in [5, 5.41) is 0. The second kappa shape index (κ2) is 5.26. The predicted molar refractivity (Wildman–Crippen MR) is 73.3 cm³/mol. The van der Waals surface area contributed by atoms with Crippen LogP contribution in [0.25, 0.3) is 0 Å². The lowest BCUT2D eigenvalue weighted by molar-refractivity contribution is 0.479. The van der Waals surface area contributed by atoms with Crippen molar-refractivity contribution in [2.24, 2.45) is 5.73 Å². The van der Waals surface area contributed by atoms with E-state index in [1.54, 1.807) is 13.8 Å². The summed E-state index contributed by atoms with van der Waals surface area (Å²) in [4.78, 5) is 0.0293. The van der Waals surface area contributed by atoms with Crippen molar-refractivity contribution in [3.05, 3.63) is 47.2 Å². The van der Waals surface area contributed by atoms with E-state index in [1.165, 1.54) is 24.3 Å². The predicted octanol–water partition coefficient (Wildman–Crippen LogP) is 2.30. The first-order valence-electron chi connectivity index (χ1n) is 5.92. The quantitative estimate of drug-likeness (QED) is 0.907. The first kappa shape index (κ1) is 14.5. The summed E-state index contributed by atoms with van der Waals surface area (Å²) in [7, 11) is -3.79. The highest BCUT2D eigenvalue weighted by molar-refractivity contribution is 7.92. The Morgan fingerprint density at radius 2 is 2.00 bits per heavy atom. The Hall–Kier alpha value is -1.86. The van der Waals surface area contributed by atoms with Crippen molar-refractivity contribution in [1.29, 1.82) is 0 Å². The third-order valence-electron chi connectivity index (χ3n) is 2.85. The lowest BCUT2D eigenvalue weighted by Gasteiger charge is -2.09. The molecule has 2 aromatic rings. The number of rotatable bonds is 4. The number of aryl methyl sites for hydroxylation is 2. The number of furan rings is 1. The number of halogens is 1. The lowest BCUT2D eigenvalue weighted by atomic mass is 10.2. The van der Waals surface area contributed by atoms with E-state index in [0.717, 1.165) is 0 Å². The third-order valence-corrected chi connectivity index (χ3v) is 4.32. The summed E-state index contributed by atoms with van der Waals surface area (Å²) in [5.74, 6) is 0.228. The molecule has 7 heteroatoms. The van der Waals surface area contributed by atoms with Crippen LogP contribution in [-0.4, -0.2) is 8.42 Å². The molecule has 0 aliphatic rings. The molecule has 0 aliphatic heterocycles. The van der Waals surface area contributed by atoms with Crippen LogP contribution in [0.15, 0.2) is 33.6 Å². The Morgan fingerprint density at radius 1 is 1.30 bits per heavy atom. The molecule has 0 amide bonds. The van der Waals surface area contributed by atoms with Crippen LogP contribution in [0, 0.1) is 19.7 Å². The van der Waals surface area contributed by atoms with Crippen molar-refractivity contribution in [2.75, 3.05) is 4.72 Å². The van der Waals surface area contributed by atoms with Gasteiger partial charge in [-0.2, -0.15) is 0 Å². The van der Waals surface area contributed by atoms with Crippen molar-refractivity contribution >= 4 is 15.7 Å². The molecule has 0 saturated heterocycles. The summed E-state index contributed by atoms with van der Waals surface area (Å²) < 4.78 is 45.2. The zero-order valence-corrected chi connectivity index (χ0v) is 11.9. The summed E-state index contributed by atoms with van der Waals surface area (Å²) in [6.07, 6.45) is 0. The highest BCUT2D eigenvalue weighted by atomic mass is 32.2. The van der Waals surface area contributed by atoms with E-state index in [2.05, 4.69) is 4.72 Å². The fourth-order valence-corrected chi connectivity index (χ4v) is 3.17. The van der Waals surface area contributed by atoms with E-state index in [1.807, 2.05) is 0 Å². The Balaban J connectivity index is 2.38. The van der Waals surface area contributed by atoms with Gasteiger partial charge >= 0.3 is 0 Å². The molecule has 0 fully saturated rings. The summed E-state index contributed by atoms with van der Waals surface area (Å²) in [5.41, 5.74) is 6.23. The van der Waals surface area contributed by atoms with Crippen LogP contribution in [0.4, 0.5) is 10.1 Å². The van der Waals surface area contributed by atoms with Gasteiger partial charge in [0.2, 0.25) is 0 Å². The van der Waals surface area contributed by atoms with Gasteiger partial charge < -0.3 is 10.2 Å². The number of hydrogen-bond donors (Lipinski definition) is 2. The molecule has 0 atom stereocenters. The molecule has 0 radical (unpaired) electrons. The van der Waals surface area contributed by atoms with Crippen molar-refractivity contribution in [3.8, 4) is 0 Å². The molecule has 0 unspecified atom stereocenters. The van der Waals surface area contributed by atoms with Crippen molar-refractivity contribution in [3.63, 3.8) is 0 Å². The molecule has 0 saturated carbocycles. The van der Waals surface area contributed by atoms with Crippen molar-refractivity contribution in [2.45, 2.75) is 25.3 Å². The molecule has 3 N–H and O–H groups in total. The Kier molecular flexibility index (Phi) is 3.82. The molecule has 1 aromatic heterocycles. The smallest absolute Gasteiger partial charge is 0.265 e. The highest BCUT2D eigenvalue weighted by Gasteiger charge is 2.21. The van der Waals surface area contributed by atoms with Gasteiger partial charge in [0.15, 0.2) is 0 Å². The van der Waals surface area contributed by atoms with Crippen LogP contribution in [0.1, 0.15) is 17.1 Å². The standard InChI is InChI=1S/C13H15FN2O3S/c1-8-5-10(14)3-4-12(8)16-20(17,18)13-6-11(7-15)19-9(13)2/h3-6,16H,7,15H2,1-2H3. The third kappa shape index (κ3) is 2.83. The minimum Gasteiger partial charge on any atom is -0.464 e. The SMILES string of the molecule is Cc1cc(F)ccc1NS(=O)(=O)c1cc(CN)oc1C. The van der Waals surface area contributed by atoms with Gasteiger partial charge in [-0.25, -0.2) is 12.8 Å². The highest BCUT2D eigenvalue weighted by Crippen LogP contribution is 2.24. The van der Waals surface area contributed by atoms with E-state index in [0.29, 0.717) is 17.0 Å². The van der Waals surface area contributed by atoms with Gasteiger partial charge in [0.05, 0.1) is 12.2 Å². The summed E-state index contributed by atoms with van der Waals surface area (Å²) in [6, 6.07) is 5.21. The molecular formula is C13H15FN2O3S. The second-order valence-electron chi connectivity index (χ2n) is 4.40. The minimum atomic E-state index is -3.79. The second-order valence-corrected chi connectivity index (χ2v) is 6.05. The van der Waals surface area contributed by atoms with Gasteiger partial charge in [0.1, 0.15) is 22.2 Å². The van der Waals surface area contributed by atoms with Gasteiger partial charge in [-0.05, 0) is 37.6 Å². The maximum atomic E-state index is 13.0. The fourth-order valence-electron chi connectivity index (χ4n) is 1.83. The number of hydrogen-bond acceptors (Lipinski definition) is 4. The molecule has 20 heavy (non-hydrogen) atoms. The Bertz CT molecular complexity index is 738. The first-order valence-corrected chi connectivity index (χ1v) is 7.40. The van der Waals surface area contributed by atoms with Crippen LogP contribution in [0.2, 0.25) is 0 Å². The number of anilines is 1. The van der Waals surface area contributed by atoms with Crippen LogP contribution >= 0.6 is 0 Å². The van der Waals surface area contributed by atoms with Gasteiger partial charge in [-0.3, -0.25) is 4.72 Å². The first-order chi connectivity index (χ1) is 9.33. The minimum absolute atomic E-state index is 0.0293. The van der Waals surface area contributed by atoms with E-state index in [4.69, 9.17) is 10.2 Å². The summed E-state index contributed by atoms with van der Waals surface area (Å²) in [6.45, 7) is 3.28. The summed E-state index contributed by atoms with van der Waals surface area (Å²) >= 11 is 0. The van der Waals surface area contributed by atoms with Crippen molar-refractivity contribution in [1.82, 2.24) is 0 Å². The number of benzene rings is 1. The van der Waals surface area contributed by atoms with Gasteiger partial charge in [-0.1, -0.05) is 0 Å². The zero-order valence-electron chi connectivity index (χ0n) is 11.1. The van der Waals surface area contributed by atoms with Crippen LogP contribution < -0.4 is 10.5 Å². The molecular weight excluding hydrogens is 283 g/mol. The molecule has 0 aliphatic carbocycles. The van der Waals surface area contributed by atoms with E-state index >= 15 is 0 Å². The van der Waals surface area contributed by atoms with Gasteiger partial charge in [0, 0.05) is 6.07 Å². The maximum absolute atomic E-state index is 13.0. The fraction of sp³-hybridized carbons (Fsp3) is 0.231. The topological polar surface area (TPSA) is 85.3 Å². The molecule has 2 rings (SSSR count). The number of nitrogens with one attached hydrogen (secondary N) is 1. The van der Waals surface area contributed by atoms with Gasteiger partial charge in [0.25, 0.3) is 10.0 Å². The number of nitrogens with two attached hydrogens (primary N) is 1. The monoisotopic (exact) mass is 298 g/mol. The Morgan fingerprint density at radius 3 is 2.55 bits per heavy atom. The Labute approximate surface area is 116 Å². The maximum Gasteiger partial charge on any atom is 0.265 e. The normalized spacial score (nSPS) is 11.6. The molecule has 5 nitrogen and oxygen atoms in total. The lowest BCUT2D eigenvalue weighted by Crippen LogP contribution is -2.14. The van der Waals surface area contributed by atoms with Crippen LogP contribution in [0.3, 0.4) is 0 Å². The zero-order chi connectivity index (χ0) is 14.9. The van der Waals surface area contributed by atoms with Crippen LogP contribution in [0.5, 0.6) is 0 Å². The molecule has 1 heterocycles. The molecule has 0 spiro atoms. The van der Waals surface area contributed by atoms with E-state index < -0.39 is 15.8 Å². The van der Waals surface area contributed by atoms with E-state index in [-0.39, 0.29) is 17.2 Å². The van der Waals surface area contributed by atoms with Gasteiger partial charge in [-0.15, -0.1) is 0 Å². The van der Waals surface area contributed by atoms with E-state index in [9.17, 15) is 12.8 Å². The van der Waals surface area contributed by atoms with Crippen LogP contribution in [-0.2, 0) is 16.6 Å². The van der Waals surface area contributed by atoms with Crippen molar-refractivity contribution < 1.29 is 17.2 Å².